The van der Waals surface area contributed by atoms with E-state index in [-0.39, 0.29) is 12.5 Å². The van der Waals surface area contributed by atoms with Gasteiger partial charge in [-0.25, -0.2) is 0 Å². The molecule has 3 N–H and O–H groups in total. The highest BCUT2D eigenvalue weighted by molar-refractivity contribution is 5.73. The zero-order valence-corrected chi connectivity index (χ0v) is 10.5. The summed E-state index contributed by atoms with van der Waals surface area (Å²) in [6.45, 7) is 6.37. The average Bonchev–Trinajstić information content (AvgIpc) is 2.40. The molecule has 0 aliphatic carbocycles. The number of carbonyl (C=O) groups excluding carboxylic acids is 1. The largest absolute Gasteiger partial charge is 0.395 e. The topological polar surface area (TPSA) is 69.8 Å². The Morgan fingerprint density at radius 3 is 2.35 bits per heavy atom. The third-order valence-corrected chi connectivity index (χ3v) is 3.26. The molecule has 0 aromatic heterocycles. The fourth-order valence-corrected chi connectivity index (χ4v) is 2.18. The fourth-order valence-electron chi connectivity index (χ4n) is 2.18. The summed E-state index contributed by atoms with van der Waals surface area (Å²) in [5.74, 6) is -0.187. The van der Waals surface area contributed by atoms with E-state index in [0.29, 0.717) is 6.42 Å². The van der Waals surface area contributed by atoms with E-state index < -0.39 is 0 Å². The molecule has 0 aromatic rings. The summed E-state index contributed by atoms with van der Waals surface area (Å²) in [5.41, 5.74) is 1.90. The summed E-state index contributed by atoms with van der Waals surface area (Å²) in [6, 6.07) is 0. The zero-order valence-electron chi connectivity index (χ0n) is 11.5. The van der Waals surface area contributed by atoms with Gasteiger partial charge in [-0.1, -0.05) is 6.42 Å². The second kappa shape index (κ2) is 8.44. The number of primary amides is 1. The molecule has 0 spiro atoms. The lowest BCUT2D eigenvalue weighted by molar-refractivity contribution is -0.118. The van der Waals surface area contributed by atoms with Crippen molar-refractivity contribution in [3.8, 4) is 0 Å². The maximum atomic E-state index is 10.8. The normalized spacial score (nSPS) is 19.0. The number of carbonyl (C=O) groups is 1. The third-order valence-electron chi connectivity index (χ3n) is 3.26. The first-order chi connectivity index (χ1) is 8.76. The number of hydrogen-bond acceptors (Lipinski definition) is 4. The van der Waals surface area contributed by atoms with Crippen molar-refractivity contribution in [3.05, 3.63) is 0 Å². The molecular weight excluding hydrogens is 218 g/mol. The molecule has 0 radical (unpaired) electrons. The molecule has 1 amide bonds. The number of piperazine rings is 1. The SMILES string of the molecule is [2H]NC(=O)CCCCCN1CCN(CCO)CC1. The molecule has 1 aliphatic rings. The Kier molecular flexibility index (Phi) is 6.36. The van der Waals surface area contributed by atoms with Gasteiger partial charge in [0.05, 0.1) is 6.61 Å². The van der Waals surface area contributed by atoms with Crippen LogP contribution in [0.1, 0.15) is 25.7 Å². The van der Waals surface area contributed by atoms with Crippen molar-refractivity contribution in [2.75, 3.05) is 45.9 Å². The van der Waals surface area contributed by atoms with Gasteiger partial charge < -0.3 is 15.7 Å². The summed E-state index contributed by atoms with van der Waals surface area (Å²) >= 11 is 0. The molecule has 1 aliphatic heterocycles. The maximum absolute atomic E-state index is 10.8. The molecule has 1 fully saturated rings. The maximum Gasteiger partial charge on any atom is 0.217 e. The molecule has 100 valence electrons. The molecule has 1 heterocycles. The predicted molar refractivity (Wildman–Crippen MR) is 67.6 cm³/mol. The summed E-state index contributed by atoms with van der Waals surface area (Å²) in [5, 5.41) is 8.85. The Balaban J connectivity index is 1.96. The smallest absolute Gasteiger partial charge is 0.217 e. The minimum absolute atomic E-state index is 0.187. The minimum Gasteiger partial charge on any atom is -0.395 e. The summed E-state index contributed by atoms with van der Waals surface area (Å²) in [4.78, 5) is 15.6. The van der Waals surface area contributed by atoms with E-state index in [2.05, 4.69) is 9.80 Å². The molecule has 0 saturated carbocycles. The number of aliphatic hydroxyl groups is 1. The number of rotatable bonds is 8. The van der Waals surface area contributed by atoms with Gasteiger partial charge in [-0.15, -0.1) is 0 Å². The lowest BCUT2D eigenvalue weighted by Gasteiger charge is -2.34. The summed E-state index contributed by atoms with van der Waals surface area (Å²) in [7, 11) is 0. The van der Waals surface area contributed by atoms with E-state index in [1.807, 2.05) is 5.73 Å². The molecule has 0 unspecified atom stereocenters. The Bertz CT molecular complexity index is 233. The van der Waals surface area contributed by atoms with Gasteiger partial charge in [-0.3, -0.25) is 9.69 Å². The van der Waals surface area contributed by atoms with Gasteiger partial charge >= 0.3 is 0 Å². The van der Waals surface area contributed by atoms with Gasteiger partial charge in [-0.2, -0.15) is 0 Å². The van der Waals surface area contributed by atoms with E-state index in [1.54, 1.807) is 0 Å². The van der Waals surface area contributed by atoms with Crippen LogP contribution < -0.4 is 5.73 Å². The number of β-amino-alcohol motifs (C(OH)–C–C–N with tert-alkyl or cyclic N) is 1. The number of aliphatic hydroxyl groups excluding tert-OH is 1. The van der Waals surface area contributed by atoms with Gasteiger partial charge in [0.2, 0.25) is 5.91 Å². The van der Waals surface area contributed by atoms with Gasteiger partial charge in [-0.05, 0) is 19.4 Å². The molecular formula is C12H25N3O2. The molecule has 17 heavy (non-hydrogen) atoms. The Labute approximate surface area is 105 Å². The van der Waals surface area contributed by atoms with Crippen LogP contribution in [0.15, 0.2) is 0 Å². The van der Waals surface area contributed by atoms with Crippen molar-refractivity contribution in [3.63, 3.8) is 0 Å². The first-order valence-electron chi connectivity index (χ1n) is 7.02. The van der Waals surface area contributed by atoms with Crippen molar-refractivity contribution in [1.29, 1.82) is 0 Å². The van der Waals surface area contributed by atoms with Crippen LogP contribution >= 0.6 is 0 Å². The Morgan fingerprint density at radius 1 is 1.12 bits per heavy atom. The van der Waals surface area contributed by atoms with Crippen molar-refractivity contribution in [2.24, 2.45) is 5.73 Å². The standard InChI is InChI=1S/C12H25N3O2/c13-12(17)4-2-1-3-5-14-6-8-15(9-7-14)10-11-16/h16H,1-11H2,(H2,13,17)/i/hD. The van der Waals surface area contributed by atoms with E-state index in [1.165, 1.54) is 0 Å². The van der Waals surface area contributed by atoms with Gasteiger partial charge in [0, 0.05) is 39.1 Å². The van der Waals surface area contributed by atoms with Crippen LogP contribution in [-0.4, -0.2) is 66.7 Å². The Hall–Kier alpha value is -0.650. The van der Waals surface area contributed by atoms with Crippen LogP contribution in [0.2, 0.25) is 1.41 Å². The van der Waals surface area contributed by atoms with Crippen LogP contribution in [-0.2, 0) is 4.79 Å². The van der Waals surface area contributed by atoms with Crippen LogP contribution in [0.4, 0.5) is 0 Å². The van der Waals surface area contributed by atoms with Gasteiger partial charge in [0.1, 0.15) is 0 Å². The summed E-state index contributed by atoms with van der Waals surface area (Å²) in [6.07, 6.45) is 3.50. The fraction of sp³-hybridized carbons (Fsp3) is 0.917. The minimum atomic E-state index is -0.187. The number of unbranched alkanes of at least 4 members (excludes halogenated alkanes) is 2. The van der Waals surface area contributed by atoms with Crippen molar-refractivity contribution in [2.45, 2.75) is 25.7 Å². The van der Waals surface area contributed by atoms with Gasteiger partial charge in [0.15, 0.2) is 1.41 Å². The highest BCUT2D eigenvalue weighted by Gasteiger charge is 2.15. The first kappa shape index (κ1) is 12.8. The monoisotopic (exact) mass is 244 g/mol. The predicted octanol–water partition coefficient (Wildman–Crippen LogP) is -0.358. The highest BCUT2D eigenvalue weighted by Crippen LogP contribution is 2.05. The number of amides is 1. The lowest BCUT2D eigenvalue weighted by Crippen LogP contribution is -2.47. The van der Waals surface area contributed by atoms with Crippen molar-refractivity contribution in [1.82, 2.24) is 9.80 Å². The van der Waals surface area contributed by atoms with E-state index >= 15 is 0 Å². The van der Waals surface area contributed by atoms with E-state index in [0.717, 1.165) is 58.5 Å². The van der Waals surface area contributed by atoms with Crippen LogP contribution in [0.3, 0.4) is 0 Å². The van der Waals surface area contributed by atoms with Crippen molar-refractivity contribution < 1.29 is 11.3 Å². The van der Waals surface area contributed by atoms with Crippen LogP contribution in [0, 0.1) is 0 Å². The first-order valence-corrected chi connectivity index (χ1v) is 6.52. The molecule has 0 bridgehead atoms. The average molecular weight is 244 g/mol. The van der Waals surface area contributed by atoms with Crippen LogP contribution in [0.5, 0.6) is 0 Å². The molecule has 1 saturated heterocycles. The third kappa shape index (κ3) is 6.61. The lowest BCUT2D eigenvalue weighted by atomic mass is 10.1. The highest BCUT2D eigenvalue weighted by atomic mass is 16.3. The second-order valence-corrected chi connectivity index (χ2v) is 4.64. The van der Waals surface area contributed by atoms with E-state index in [4.69, 9.17) is 6.52 Å². The van der Waals surface area contributed by atoms with E-state index in [9.17, 15) is 4.79 Å². The zero-order chi connectivity index (χ0) is 13.2. The molecule has 5 heteroatoms. The second-order valence-electron chi connectivity index (χ2n) is 4.64. The van der Waals surface area contributed by atoms with Gasteiger partial charge in [0.25, 0.3) is 0 Å². The Morgan fingerprint density at radius 2 is 1.76 bits per heavy atom. The van der Waals surface area contributed by atoms with Crippen LogP contribution in [0.25, 0.3) is 0 Å². The van der Waals surface area contributed by atoms with Crippen molar-refractivity contribution >= 4 is 5.91 Å². The number of hydrogen-bond donors (Lipinski definition) is 2. The molecule has 5 nitrogen and oxygen atoms in total. The quantitative estimate of drug-likeness (QED) is 0.572. The molecule has 0 aromatic carbocycles. The number of nitrogens with zero attached hydrogens (tertiary/aromatic N) is 2. The molecule has 1 rings (SSSR count). The summed E-state index contributed by atoms with van der Waals surface area (Å²) < 4.78 is 6.67. The molecule has 0 atom stereocenters. The number of nitrogens with two attached hydrogens (primary N) is 1.